The van der Waals surface area contributed by atoms with Gasteiger partial charge in [0.15, 0.2) is 5.71 Å². The van der Waals surface area contributed by atoms with Crippen molar-refractivity contribution in [3.8, 4) is 5.75 Å². The number of benzene rings is 2. The molecule has 0 saturated heterocycles. The lowest BCUT2D eigenvalue weighted by atomic mass is 10.1. The van der Waals surface area contributed by atoms with Crippen molar-refractivity contribution in [2.75, 3.05) is 7.05 Å². The molecule has 18 heavy (non-hydrogen) atoms. The van der Waals surface area contributed by atoms with Gasteiger partial charge in [0.1, 0.15) is 5.75 Å². The van der Waals surface area contributed by atoms with Crippen molar-refractivity contribution in [2.45, 2.75) is 0 Å². The molecule has 0 spiro atoms. The average molecular weight is 239 g/mol. The maximum atomic E-state index is 12.0. The number of aliphatic imine (C=N–C) groups is 1. The van der Waals surface area contributed by atoms with Gasteiger partial charge in [0, 0.05) is 12.6 Å². The molecule has 0 unspecified atom stereocenters. The molecule has 0 fully saturated rings. The van der Waals surface area contributed by atoms with Crippen LogP contribution in [-0.4, -0.2) is 18.7 Å². The molecule has 2 aromatic rings. The summed E-state index contributed by atoms with van der Waals surface area (Å²) in [6.07, 6.45) is 0. The van der Waals surface area contributed by atoms with E-state index in [2.05, 4.69) is 4.99 Å². The Bertz CT molecular complexity index is 547. The fourth-order valence-corrected chi connectivity index (χ4v) is 1.58. The Morgan fingerprint density at radius 2 is 1.50 bits per heavy atom. The lowest BCUT2D eigenvalue weighted by molar-refractivity contribution is -0.126. The van der Waals surface area contributed by atoms with Crippen LogP contribution in [0.2, 0.25) is 0 Å². The first-order chi connectivity index (χ1) is 8.81. The van der Waals surface area contributed by atoms with Crippen LogP contribution in [0.1, 0.15) is 5.56 Å². The van der Waals surface area contributed by atoms with Gasteiger partial charge in [-0.1, -0.05) is 48.5 Å². The van der Waals surface area contributed by atoms with E-state index in [1.54, 1.807) is 19.2 Å². The van der Waals surface area contributed by atoms with Crippen LogP contribution in [0.4, 0.5) is 0 Å². The number of hydrogen-bond donors (Lipinski definition) is 0. The maximum absolute atomic E-state index is 12.0. The van der Waals surface area contributed by atoms with Crippen LogP contribution in [0.3, 0.4) is 0 Å². The number of ether oxygens (including phenoxy) is 1. The molecule has 3 heteroatoms. The number of hydrogen-bond acceptors (Lipinski definition) is 3. The monoisotopic (exact) mass is 239 g/mol. The second kappa shape index (κ2) is 5.77. The Balaban J connectivity index is 2.18. The summed E-state index contributed by atoms with van der Waals surface area (Å²) >= 11 is 0. The first kappa shape index (κ1) is 12.0. The Morgan fingerprint density at radius 3 is 2.06 bits per heavy atom. The van der Waals surface area contributed by atoms with Crippen LogP contribution < -0.4 is 4.74 Å². The molecule has 90 valence electrons. The molecule has 0 atom stereocenters. The zero-order valence-electron chi connectivity index (χ0n) is 10.0. The van der Waals surface area contributed by atoms with E-state index in [-0.39, 0.29) is 0 Å². The molecule has 0 aliphatic rings. The van der Waals surface area contributed by atoms with Gasteiger partial charge >= 0.3 is 5.97 Å². The van der Waals surface area contributed by atoms with Crippen LogP contribution in [0.15, 0.2) is 65.7 Å². The smallest absolute Gasteiger partial charge is 0.362 e. The van der Waals surface area contributed by atoms with Gasteiger partial charge in [0.2, 0.25) is 0 Å². The summed E-state index contributed by atoms with van der Waals surface area (Å²) in [5, 5.41) is 0. The molecule has 2 rings (SSSR count). The molecule has 0 bridgehead atoms. The molecule has 0 N–H and O–H groups in total. The van der Waals surface area contributed by atoms with Crippen molar-refractivity contribution < 1.29 is 9.53 Å². The number of rotatable bonds is 3. The maximum Gasteiger partial charge on any atom is 0.362 e. The van der Waals surface area contributed by atoms with Crippen molar-refractivity contribution in [3.05, 3.63) is 66.2 Å². The Kier molecular flexibility index (Phi) is 3.86. The van der Waals surface area contributed by atoms with E-state index >= 15 is 0 Å². The van der Waals surface area contributed by atoms with Gasteiger partial charge in [-0.2, -0.15) is 0 Å². The van der Waals surface area contributed by atoms with Crippen LogP contribution >= 0.6 is 0 Å². The van der Waals surface area contributed by atoms with Gasteiger partial charge in [-0.25, -0.2) is 4.79 Å². The fourth-order valence-electron chi connectivity index (χ4n) is 1.58. The zero-order valence-corrected chi connectivity index (χ0v) is 10.0. The molecule has 0 saturated carbocycles. The summed E-state index contributed by atoms with van der Waals surface area (Å²) in [5.41, 5.74) is 1.07. The molecule has 0 aromatic heterocycles. The van der Waals surface area contributed by atoms with Crippen LogP contribution in [0, 0.1) is 0 Å². The third-order valence-electron chi connectivity index (χ3n) is 2.42. The Morgan fingerprint density at radius 1 is 0.944 bits per heavy atom. The highest BCUT2D eigenvalue weighted by Crippen LogP contribution is 2.10. The molecule has 0 radical (unpaired) electrons. The van der Waals surface area contributed by atoms with Crippen molar-refractivity contribution in [1.82, 2.24) is 0 Å². The number of carbonyl (C=O) groups is 1. The number of carbonyl (C=O) groups excluding carboxylic acids is 1. The zero-order chi connectivity index (χ0) is 12.8. The highest BCUT2D eigenvalue weighted by molar-refractivity contribution is 6.43. The molecular weight excluding hydrogens is 226 g/mol. The first-order valence-electron chi connectivity index (χ1n) is 5.60. The SMILES string of the molecule is CN=C(C(=O)Oc1ccccc1)c1ccccc1. The highest BCUT2D eigenvalue weighted by atomic mass is 16.5. The second-order valence-corrected chi connectivity index (χ2v) is 3.64. The predicted molar refractivity (Wildman–Crippen MR) is 71.0 cm³/mol. The number of nitrogens with zero attached hydrogens (tertiary/aromatic N) is 1. The molecule has 0 amide bonds. The van der Waals surface area contributed by atoms with E-state index in [1.165, 1.54) is 0 Å². The van der Waals surface area contributed by atoms with Gasteiger partial charge < -0.3 is 4.74 Å². The quantitative estimate of drug-likeness (QED) is 0.469. The van der Waals surface area contributed by atoms with E-state index in [0.29, 0.717) is 11.5 Å². The highest BCUT2D eigenvalue weighted by Gasteiger charge is 2.15. The first-order valence-corrected chi connectivity index (χ1v) is 5.60. The van der Waals surface area contributed by atoms with Crippen LogP contribution in [-0.2, 0) is 4.79 Å². The Labute approximate surface area is 106 Å². The summed E-state index contributed by atoms with van der Waals surface area (Å²) in [7, 11) is 1.58. The van der Waals surface area contributed by atoms with Crippen LogP contribution in [0.5, 0.6) is 5.75 Å². The molecule has 2 aromatic carbocycles. The lowest BCUT2D eigenvalue weighted by Gasteiger charge is -2.06. The molecule has 0 aliphatic heterocycles. The van der Waals surface area contributed by atoms with Crippen molar-refractivity contribution in [1.29, 1.82) is 0 Å². The minimum atomic E-state index is -0.449. The summed E-state index contributed by atoms with van der Waals surface area (Å²) in [6.45, 7) is 0. The summed E-state index contributed by atoms with van der Waals surface area (Å²) < 4.78 is 5.25. The van der Waals surface area contributed by atoms with E-state index in [0.717, 1.165) is 5.56 Å². The van der Waals surface area contributed by atoms with Crippen molar-refractivity contribution in [3.63, 3.8) is 0 Å². The summed E-state index contributed by atoms with van der Waals surface area (Å²) in [4.78, 5) is 16.0. The molecule has 0 heterocycles. The van der Waals surface area contributed by atoms with Gasteiger partial charge in [-0.15, -0.1) is 0 Å². The third-order valence-corrected chi connectivity index (χ3v) is 2.42. The lowest BCUT2D eigenvalue weighted by Crippen LogP contribution is -2.21. The van der Waals surface area contributed by atoms with Gasteiger partial charge in [0.05, 0.1) is 0 Å². The van der Waals surface area contributed by atoms with Gasteiger partial charge in [-0.3, -0.25) is 4.99 Å². The predicted octanol–water partition coefficient (Wildman–Crippen LogP) is 2.71. The number of esters is 1. The third kappa shape index (κ3) is 2.83. The van der Waals surface area contributed by atoms with Gasteiger partial charge in [0.25, 0.3) is 0 Å². The minimum absolute atomic E-state index is 0.319. The molecule has 0 aliphatic carbocycles. The van der Waals surface area contributed by atoms with Crippen molar-refractivity contribution in [2.24, 2.45) is 4.99 Å². The summed E-state index contributed by atoms with van der Waals surface area (Å²) in [6, 6.07) is 18.2. The molecular formula is C15H13NO2. The number of para-hydroxylation sites is 1. The van der Waals surface area contributed by atoms with E-state index in [9.17, 15) is 4.79 Å². The fraction of sp³-hybridized carbons (Fsp3) is 0.0667. The topological polar surface area (TPSA) is 38.7 Å². The Hall–Kier alpha value is -2.42. The van der Waals surface area contributed by atoms with E-state index in [4.69, 9.17) is 4.74 Å². The minimum Gasteiger partial charge on any atom is -0.422 e. The average Bonchev–Trinajstić information content (AvgIpc) is 2.42. The standard InChI is InChI=1S/C15H13NO2/c1-16-14(12-8-4-2-5-9-12)15(17)18-13-10-6-3-7-11-13/h2-11H,1H3. The normalized spacial score (nSPS) is 11.1. The molecule has 3 nitrogen and oxygen atoms in total. The van der Waals surface area contributed by atoms with Gasteiger partial charge in [-0.05, 0) is 12.1 Å². The second-order valence-electron chi connectivity index (χ2n) is 3.64. The van der Waals surface area contributed by atoms with E-state index < -0.39 is 5.97 Å². The van der Waals surface area contributed by atoms with Crippen LogP contribution in [0.25, 0.3) is 0 Å². The largest absolute Gasteiger partial charge is 0.422 e. The van der Waals surface area contributed by atoms with Crippen molar-refractivity contribution >= 4 is 11.7 Å². The van der Waals surface area contributed by atoms with E-state index in [1.807, 2.05) is 48.5 Å². The summed E-state index contributed by atoms with van der Waals surface area (Å²) in [5.74, 6) is 0.0643.